The summed E-state index contributed by atoms with van der Waals surface area (Å²) in [5, 5.41) is 36.6. The number of para-hydroxylation sites is 2. The molecule has 2 aliphatic heterocycles. The molecule has 0 aromatic heterocycles. The Kier molecular flexibility index (Phi) is 18.4. The van der Waals surface area contributed by atoms with Crippen molar-refractivity contribution in [3.8, 4) is 0 Å². The monoisotopic (exact) mass is 938 g/mol. The number of aliphatic imine (C=N–C) groups is 3. The maximum Gasteiger partial charge on any atom is 2.00 e. The number of carboxylic acids is 2. The fourth-order valence-corrected chi connectivity index (χ4v) is 8.37. The summed E-state index contributed by atoms with van der Waals surface area (Å²) >= 11 is 0. The van der Waals surface area contributed by atoms with Crippen molar-refractivity contribution < 1.29 is 46.2 Å². The van der Waals surface area contributed by atoms with Gasteiger partial charge >= 0.3 is 22.5 Å². The molecule has 2 aliphatic rings. The van der Waals surface area contributed by atoms with E-state index in [0.29, 0.717) is 40.5 Å². The molecule has 1 amide bonds. The first-order valence-electron chi connectivity index (χ1n) is 22.2. The Morgan fingerprint density at radius 3 is 1.57 bits per heavy atom. The molecular weight excluding hydrogens is 887 g/mol. The molecule has 0 saturated carbocycles. The number of hydrogen-bond donors (Lipinski definition) is 2. The largest absolute Gasteiger partial charge is 2.00 e. The van der Waals surface area contributed by atoms with Crippen molar-refractivity contribution in [2.45, 2.75) is 50.9 Å². The van der Waals surface area contributed by atoms with Crippen LogP contribution in [-0.2, 0) is 44.0 Å². The van der Waals surface area contributed by atoms with Crippen molar-refractivity contribution in [2.75, 3.05) is 31.5 Å². The Labute approximate surface area is 401 Å². The van der Waals surface area contributed by atoms with Gasteiger partial charge in [0.1, 0.15) is 6.54 Å². The van der Waals surface area contributed by atoms with Crippen LogP contribution in [0.15, 0.2) is 185 Å². The van der Waals surface area contributed by atoms with E-state index in [2.05, 4.69) is 54.4 Å². The molecule has 8 rings (SSSR count). The number of carbonyl (C=O) groups excluding carboxylic acids is 2. The number of hydrogen-bond acceptors (Lipinski definition) is 10. The van der Waals surface area contributed by atoms with Crippen molar-refractivity contribution in [3.63, 3.8) is 0 Å². The van der Waals surface area contributed by atoms with Gasteiger partial charge in [0.25, 0.3) is 0 Å². The number of aliphatic carboxylic acids is 2. The van der Waals surface area contributed by atoms with Gasteiger partial charge in [0.2, 0.25) is 5.91 Å². The van der Waals surface area contributed by atoms with Crippen LogP contribution in [0.25, 0.3) is 0 Å². The molecule has 2 saturated heterocycles. The van der Waals surface area contributed by atoms with Gasteiger partial charge in [-0.25, -0.2) is 0 Å². The maximum atomic E-state index is 13.3. The Morgan fingerprint density at radius 2 is 1.01 bits per heavy atom. The number of likely N-dealkylation sites (tertiary alicyclic amines) is 2. The number of carbonyl (C=O) groups is 3. The van der Waals surface area contributed by atoms with Crippen LogP contribution in [0.1, 0.15) is 59.1 Å². The summed E-state index contributed by atoms with van der Waals surface area (Å²) in [5.74, 6) is -2.52. The molecule has 2 fully saturated rings. The second-order valence-corrected chi connectivity index (χ2v) is 16.1. The van der Waals surface area contributed by atoms with E-state index < -0.39 is 18.5 Å². The number of nitrogens with zero attached hydrogens (tertiary/aromatic N) is 5. The average molecular weight is 940 g/mol. The first-order valence-corrected chi connectivity index (χ1v) is 22.2. The number of amides is 1. The molecular formula is C54H52N6NiO6. The zero-order valence-electron chi connectivity index (χ0n) is 36.9. The summed E-state index contributed by atoms with van der Waals surface area (Å²) in [6.45, 7) is 2.35. The van der Waals surface area contributed by atoms with Crippen LogP contribution in [0.4, 0.5) is 11.4 Å². The van der Waals surface area contributed by atoms with Crippen molar-refractivity contribution in [2.24, 2.45) is 15.0 Å². The molecule has 2 heterocycles. The normalized spacial score (nSPS) is 16.6. The third-order valence-corrected chi connectivity index (χ3v) is 11.4. The predicted octanol–water partition coefficient (Wildman–Crippen LogP) is 6.54. The van der Waals surface area contributed by atoms with E-state index in [9.17, 15) is 29.7 Å². The van der Waals surface area contributed by atoms with E-state index in [1.165, 1.54) is 11.1 Å². The zero-order chi connectivity index (χ0) is 46.1. The molecule has 67 heavy (non-hydrogen) atoms. The van der Waals surface area contributed by atoms with Gasteiger partial charge in [0.15, 0.2) is 0 Å². The van der Waals surface area contributed by atoms with Gasteiger partial charge in [0.05, 0.1) is 41.4 Å². The average Bonchev–Trinajstić information content (AvgIpc) is 4.01. The van der Waals surface area contributed by atoms with E-state index >= 15 is 0 Å². The van der Waals surface area contributed by atoms with Gasteiger partial charge in [-0.05, 0) is 67.9 Å². The SMILES string of the molecule is O=C(O)CN=C(c1ccccc1)c1ccccc1NC(=O)C1CCCN1Cc1ccccc1.O=C([O-])CN=C(c1ccccc1)c1ccccc1N=C([O-])C1CCCN1Cc1ccccc1.[Ni+2]. The molecule has 12 nitrogen and oxygen atoms in total. The first kappa shape index (κ1) is 49.4. The van der Waals surface area contributed by atoms with Gasteiger partial charge in [-0.15, -0.1) is 0 Å². The van der Waals surface area contributed by atoms with Gasteiger partial charge in [-0.1, -0.05) is 158 Å². The molecule has 6 aromatic rings. The van der Waals surface area contributed by atoms with E-state index in [1.807, 2.05) is 140 Å². The maximum absolute atomic E-state index is 13.3. The Balaban J connectivity index is 0.000000218. The van der Waals surface area contributed by atoms with Crippen molar-refractivity contribution in [1.29, 1.82) is 0 Å². The second kappa shape index (κ2) is 25.0. The smallest absolute Gasteiger partial charge is 0.861 e. The predicted molar refractivity (Wildman–Crippen MR) is 255 cm³/mol. The van der Waals surface area contributed by atoms with Crippen LogP contribution >= 0.6 is 0 Å². The molecule has 2 unspecified atom stereocenters. The third kappa shape index (κ3) is 14.0. The number of nitrogens with one attached hydrogen (secondary N) is 1. The summed E-state index contributed by atoms with van der Waals surface area (Å²) in [7, 11) is 0. The minimum Gasteiger partial charge on any atom is -0.861 e. The van der Waals surface area contributed by atoms with Crippen LogP contribution in [0.5, 0.6) is 0 Å². The van der Waals surface area contributed by atoms with Gasteiger partial charge in [-0.3, -0.25) is 34.4 Å². The number of benzene rings is 6. The topological polar surface area (TPSA) is 173 Å². The quantitative estimate of drug-likeness (QED) is 0.0626. The van der Waals surface area contributed by atoms with Crippen molar-refractivity contribution in [3.05, 3.63) is 203 Å². The molecule has 2 N–H and O–H groups in total. The molecule has 0 aliphatic carbocycles. The van der Waals surface area contributed by atoms with Crippen LogP contribution < -0.4 is 15.5 Å². The number of carboxylic acid groups (broad SMARTS) is 2. The van der Waals surface area contributed by atoms with E-state index in [1.54, 1.807) is 6.07 Å². The standard InChI is InChI=1S/2C27H27N3O3.Ni/c2*31-25(32)18-28-26(21-12-5-2-6-13-21)22-14-7-8-15-23(22)29-27(33)24-16-9-17-30(24)19-20-10-3-1-4-11-20;/h2*1-8,10-15,24H,9,16-19H2,(H,29,33)(H,31,32);/q;;+2/p-2. The van der Waals surface area contributed by atoms with Gasteiger partial charge in [0, 0.05) is 41.4 Å². The molecule has 0 spiro atoms. The van der Waals surface area contributed by atoms with Crippen molar-refractivity contribution >= 4 is 46.5 Å². The number of rotatable bonds is 16. The molecule has 0 radical (unpaired) electrons. The fourth-order valence-electron chi connectivity index (χ4n) is 8.37. The summed E-state index contributed by atoms with van der Waals surface area (Å²) in [5.41, 5.74) is 7.34. The third-order valence-electron chi connectivity index (χ3n) is 11.4. The Bertz CT molecular complexity index is 2650. The summed E-state index contributed by atoms with van der Waals surface area (Å²) < 4.78 is 0. The Hall–Kier alpha value is -7.05. The van der Waals surface area contributed by atoms with Crippen LogP contribution in [-0.4, -0.2) is 88.3 Å². The molecule has 13 heteroatoms. The summed E-state index contributed by atoms with van der Waals surface area (Å²) in [6, 6.07) is 53.1. The molecule has 6 aromatic carbocycles. The van der Waals surface area contributed by atoms with Crippen LogP contribution in [0.3, 0.4) is 0 Å². The Morgan fingerprint density at radius 1 is 0.567 bits per heavy atom. The van der Waals surface area contributed by atoms with Crippen LogP contribution in [0, 0.1) is 0 Å². The molecule has 2 atom stereocenters. The second-order valence-electron chi connectivity index (χ2n) is 16.1. The summed E-state index contributed by atoms with van der Waals surface area (Å²) in [6.07, 6.45) is 3.49. The fraction of sp³-hybridized carbons (Fsp3) is 0.222. The van der Waals surface area contributed by atoms with Crippen LogP contribution in [0.2, 0.25) is 0 Å². The minimum absolute atomic E-state index is 0. The van der Waals surface area contributed by atoms with E-state index in [4.69, 9.17) is 0 Å². The summed E-state index contributed by atoms with van der Waals surface area (Å²) in [4.78, 5) is 53.1. The van der Waals surface area contributed by atoms with E-state index in [-0.39, 0.29) is 46.9 Å². The minimum atomic E-state index is -1.27. The molecule has 0 bridgehead atoms. The number of anilines is 1. The van der Waals surface area contributed by atoms with Crippen molar-refractivity contribution in [1.82, 2.24) is 9.80 Å². The first-order chi connectivity index (χ1) is 32.2. The zero-order valence-corrected chi connectivity index (χ0v) is 37.9. The van der Waals surface area contributed by atoms with Gasteiger partial charge < -0.3 is 25.4 Å². The van der Waals surface area contributed by atoms with E-state index in [0.717, 1.165) is 56.4 Å². The van der Waals surface area contributed by atoms with Gasteiger partial charge in [-0.2, -0.15) is 0 Å². The molecule has 344 valence electrons.